The smallest absolute Gasteiger partial charge is 0.312 e. The van der Waals surface area contributed by atoms with Crippen LogP contribution in [-0.4, -0.2) is 19.2 Å². The van der Waals surface area contributed by atoms with Crippen molar-refractivity contribution in [3.05, 3.63) is 42.5 Å². The molecule has 0 heterocycles. The summed E-state index contributed by atoms with van der Waals surface area (Å²) in [4.78, 5) is 12.4. The van der Waals surface area contributed by atoms with E-state index in [0.717, 1.165) is 24.0 Å². The van der Waals surface area contributed by atoms with Crippen LogP contribution in [0.1, 0.15) is 33.6 Å². The van der Waals surface area contributed by atoms with E-state index in [4.69, 9.17) is 9.47 Å². The van der Waals surface area contributed by atoms with Crippen LogP contribution >= 0.6 is 0 Å². The molecular weight excluding hydrogens is 300 g/mol. The van der Waals surface area contributed by atoms with Gasteiger partial charge in [-0.25, -0.2) is 0 Å². The molecule has 0 amide bonds. The summed E-state index contributed by atoms with van der Waals surface area (Å²) in [6.45, 7) is 7.13. The van der Waals surface area contributed by atoms with Gasteiger partial charge in [0.2, 0.25) is 0 Å². The molecule has 3 rings (SSSR count). The van der Waals surface area contributed by atoms with Gasteiger partial charge < -0.3 is 9.47 Å². The Morgan fingerprint density at radius 3 is 2.54 bits per heavy atom. The van der Waals surface area contributed by atoms with Crippen molar-refractivity contribution in [3.8, 4) is 5.75 Å². The normalized spacial score (nSPS) is 22.6. The fourth-order valence-electron chi connectivity index (χ4n) is 3.56. The van der Waals surface area contributed by atoms with Crippen LogP contribution in [0.15, 0.2) is 42.5 Å². The first-order valence-corrected chi connectivity index (χ1v) is 8.80. The van der Waals surface area contributed by atoms with Gasteiger partial charge in [0.1, 0.15) is 19.0 Å². The Morgan fingerprint density at radius 2 is 1.88 bits per heavy atom. The molecule has 1 aliphatic carbocycles. The maximum atomic E-state index is 12.4. The summed E-state index contributed by atoms with van der Waals surface area (Å²) < 4.78 is 11.2. The van der Waals surface area contributed by atoms with E-state index in [0.29, 0.717) is 25.0 Å². The molecule has 3 nitrogen and oxygen atoms in total. The van der Waals surface area contributed by atoms with Crippen molar-refractivity contribution in [2.24, 2.45) is 17.3 Å². The largest absolute Gasteiger partial charge is 0.490 e. The van der Waals surface area contributed by atoms with Crippen LogP contribution in [0.5, 0.6) is 5.75 Å². The second-order valence-electron chi connectivity index (χ2n) is 7.35. The van der Waals surface area contributed by atoms with Gasteiger partial charge in [-0.15, -0.1) is 0 Å². The zero-order valence-corrected chi connectivity index (χ0v) is 14.7. The Labute approximate surface area is 144 Å². The fraction of sp³-hybridized carbons (Fsp3) is 0.476. The standard InChI is InChI=1S/C21H26O3/c1-15(2)13-21(14-16(21)3)20(22)24-11-10-23-19-9-8-17-6-4-5-7-18(17)12-19/h4-9,12,15-16H,10-11,13-14H2,1-3H3. The molecule has 2 atom stereocenters. The summed E-state index contributed by atoms with van der Waals surface area (Å²) in [6.07, 6.45) is 1.87. The lowest BCUT2D eigenvalue weighted by Gasteiger charge is -2.18. The summed E-state index contributed by atoms with van der Waals surface area (Å²) in [5.41, 5.74) is -0.239. The SMILES string of the molecule is CC(C)CC1(C(=O)OCCOc2ccc3ccccc3c2)CC1C. The molecule has 2 unspecified atom stereocenters. The van der Waals surface area contributed by atoms with E-state index >= 15 is 0 Å². The number of hydrogen-bond acceptors (Lipinski definition) is 3. The van der Waals surface area contributed by atoms with Crippen molar-refractivity contribution in [1.82, 2.24) is 0 Å². The molecule has 0 bridgehead atoms. The molecule has 1 fully saturated rings. The summed E-state index contributed by atoms with van der Waals surface area (Å²) in [5.74, 6) is 1.71. The van der Waals surface area contributed by atoms with E-state index in [-0.39, 0.29) is 11.4 Å². The lowest BCUT2D eigenvalue weighted by Crippen LogP contribution is -2.24. The molecule has 0 N–H and O–H groups in total. The van der Waals surface area contributed by atoms with Crippen LogP contribution in [0.25, 0.3) is 10.8 Å². The van der Waals surface area contributed by atoms with Gasteiger partial charge in [0.05, 0.1) is 5.41 Å². The van der Waals surface area contributed by atoms with E-state index < -0.39 is 0 Å². The molecule has 0 radical (unpaired) electrons. The molecule has 2 aromatic carbocycles. The Hall–Kier alpha value is -2.03. The predicted octanol–water partition coefficient (Wildman–Crippen LogP) is 4.83. The van der Waals surface area contributed by atoms with Gasteiger partial charge in [0, 0.05) is 0 Å². The van der Waals surface area contributed by atoms with E-state index in [9.17, 15) is 4.79 Å². The number of esters is 1. The van der Waals surface area contributed by atoms with Crippen LogP contribution < -0.4 is 4.74 Å². The number of rotatable bonds is 7. The predicted molar refractivity (Wildman–Crippen MR) is 96.1 cm³/mol. The maximum Gasteiger partial charge on any atom is 0.312 e. The van der Waals surface area contributed by atoms with Crippen LogP contribution in [0.2, 0.25) is 0 Å². The zero-order valence-electron chi connectivity index (χ0n) is 14.7. The van der Waals surface area contributed by atoms with Crippen molar-refractivity contribution < 1.29 is 14.3 Å². The Kier molecular flexibility index (Phi) is 4.79. The Morgan fingerprint density at radius 1 is 1.17 bits per heavy atom. The molecule has 128 valence electrons. The van der Waals surface area contributed by atoms with E-state index in [1.165, 1.54) is 5.39 Å². The van der Waals surface area contributed by atoms with Crippen LogP contribution in [0.3, 0.4) is 0 Å². The Bertz CT molecular complexity index is 722. The average Bonchev–Trinajstić information content (AvgIpc) is 3.21. The highest BCUT2D eigenvalue weighted by molar-refractivity contribution is 5.83. The van der Waals surface area contributed by atoms with E-state index in [1.807, 2.05) is 30.3 Å². The third-order valence-corrected chi connectivity index (χ3v) is 4.94. The molecular formula is C21H26O3. The summed E-state index contributed by atoms with van der Waals surface area (Å²) in [5, 5.41) is 2.34. The van der Waals surface area contributed by atoms with Crippen molar-refractivity contribution in [3.63, 3.8) is 0 Å². The molecule has 0 aliphatic heterocycles. The molecule has 1 saturated carbocycles. The zero-order chi connectivity index (χ0) is 17.2. The first-order chi connectivity index (χ1) is 11.5. The molecule has 0 aromatic heterocycles. The Balaban J connectivity index is 1.48. The fourth-order valence-corrected chi connectivity index (χ4v) is 3.56. The van der Waals surface area contributed by atoms with Gasteiger partial charge in [-0.1, -0.05) is 51.1 Å². The molecule has 2 aromatic rings. The number of benzene rings is 2. The molecule has 0 spiro atoms. The van der Waals surface area contributed by atoms with Gasteiger partial charge in [-0.05, 0) is 47.6 Å². The highest BCUT2D eigenvalue weighted by Crippen LogP contribution is 2.57. The van der Waals surface area contributed by atoms with E-state index in [2.05, 4.69) is 32.9 Å². The number of carbonyl (C=O) groups excluding carboxylic acids is 1. The number of carbonyl (C=O) groups is 1. The number of fused-ring (bicyclic) bond motifs is 1. The van der Waals surface area contributed by atoms with Crippen molar-refractivity contribution >= 4 is 16.7 Å². The summed E-state index contributed by atoms with van der Waals surface area (Å²) in [6, 6.07) is 14.2. The van der Waals surface area contributed by atoms with Gasteiger partial charge >= 0.3 is 5.97 Å². The number of ether oxygens (including phenoxy) is 2. The first kappa shape index (κ1) is 16.8. The van der Waals surface area contributed by atoms with E-state index in [1.54, 1.807) is 0 Å². The maximum absolute atomic E-state index is 12.4. The van der Waals surface area contributed by atoms with Crippen molar-refractivity contribution in [1.29, 1.82) is 0 Å². The topological polar surface area (TPSA) is 35.5 Å². The lowest BCUT2D eigenvalue weighted by atomic mass is 9.92. The van der Waals surface area contributed by atoms with Crippen LogP contribution in [-0.2, 0) is 9.53 Å². The van der Waals surface area contributed by atoms with Gasteiger partial charge in [0.15, 0.2) is 0 Å². The quantitative estimate of drug-likeness (QED) is 0.540. The summed E-state index contributed by atoms with van der Waals surface area (Å²) >= 11 is 0. The minimum Gasteiger partial charge on any atom is -0.490 e. The first-order valence-electron chi connectivity index (χ1n) is 8.80. The molecule has 24 heavy (non-hydrogen) atoms. The minimum atomic E-state index is -0.239. The average molecular weight is 326 g/mol. The van der Waals surface area contributed by atoms with Crippen LogP contribution in [0.4, 0.5) is 0 Å². The summed E-state index contributed by atoms with van der Waals surface area (Å²) in [7, 11) is 0. The number of hydrogen-bond donors (Lipinski definition) is 0. The molecule has 0 saturated heterocycles. The van der Waals surface area contributed by atoms with Gasteiger partial charge in [0.25, 0.3) is 0 Å². The highest BCUT2D eigenvalue weighted by atomic mass is 16.6. The second kappa shape index (κ2) is 6.84. The molecule has 3 heteroatoms. The van der Waals surface area contributed by atoms with Crippen molar-refractivity contribution in [2.45, 2.75) is 33.6 Å². The third kappa shape index (κ3) is 3.55. The van der Waals surface area contributed by atoms with Crippen molar-refractivity contribution in [2.75, 3.05) is 13.2 Å². The monoisotopic (exact) mass is 326 g/mol. The lowest BCUT2D eigenvalue weighted by molar-refractivity contribution is -0.152. The molecule has 1 aliphatic rings. The van der Waals surface area contributed by atoms with Gasteiger partial charge in [-0.2, -0.15) is 0 Å². The minimum absolute atomic E-state index is 0.0502. The highest BCUT2D eigenvalue weighted by Gasteiger charge is 2.58. The van der Waals surface area contributed by atoms with Gasteiger partial charge in [-0.3, -0.25) is 4.79 Å². The second-order valence-corrected chi connectivity index (χ2v) is 7.35. The third-order valence-electron chi connectivity index (χ3n) is 4.94. The van der Waals surface area contributed by atoms with Crippen LogP contribution in [0, 0.1) is 17.3 Å².